The lowest BCUT2D eigenvalue weighted by atomic mass is 10.1. The van der Waals surface area contributed by atoms with Gasteiger partial charge in [0.25, 0.3) is 0 Å². The van der Waals surface area contributed by atoms with Gasteiger partial charge in [-0.15, -0.1) is 0 Å². The summed E-state index contributed by atoms with van der Waals surface area (Å²) in [6.07, 6.45) is 2.09. The molecular weight excluding hydrogens is 298 g/mol. The number of pyridine rings is 1. The van der Waals surface area contributed by atoms with Crippen molar-refractivity contribution >= 4 is 39.1 Å². The Morgan fingerprint density at radius 1 is 1.04 bits per heavy atom. The molecule has 4 aromatic rings. The number of para-hydroxylation sites is 1. The third kappa shape index (κ3) is 1.74. The fraction of sp³-hybridized carbons (Fsp3) is 0.150. The second-order valence-corrected chi connectivity index (χ2v) is 6.39. The number of fused-ring (bicyclic) bond motifs is 4. The first-order chi connectivity index (χ1) is 11.7. The molecule has 5 rings (SSSR count). The quantitative estimate of drug-likeness (QED) is 0.578. The minimum Gasteiger partial charge on any atom is -0.454 e. The summed E-state index contributed by atoms with van der Waals surface area (Å²) in [4.78, 5) is 6.85. The lowest BCUT2D eigenvalue weighted by Crippen LogP contribution is -2.84. The van der Waals surface area contributed by atoms with Crippen LogP contribution in [0.2, 0.25) is 0 Å². The molecular formula is C20H18N3O+. The zero-order chi connectivity index (χ0) is 16.3. The van der Waals surface area contributed by atoms with Gasteiger partial charge >= 0.3 is 0 Å². The first kappa shape index (κ1) is 13.6. The van der Waals surface area contributed by atoms with E-state index in [-0.39, 0.29) is 6.17 Å². The van der Waals surface area contributed by atoms with E-state index >= 15 is 0 Å². The van der Waals surface area contributed by atoms with Gasteiger partial charge in [0.05, 0.1) is 5.69 Å². The third-order valence-corrected chi connectivity index (χ3v) is 4.85. The van der Waals surface area contributed by atoms with Crippen molar-refractivity contribution in [2.45, 2.75) is 20.0 Å². The van der Waals surface area contributed by atoms with Gasteiger partial charge in [-0.3, -0.25) is 10.2 Å². The van der Waals surface area contributed by atoms with Gasteiger partial charge in [0.1, 0.15) is 11.3 Å². The number of aromatic nitrogens is 1. The number of nitrogens with two attached hydrogens (primary N) is 1. The maximum atomic E-state index is 6.26. The Labute approximate surface area is 139 Å². The molecule has 1 atom stereocenters. The number of aryl methyl sites for hydroxylation is 1. The predicted molar refractivity (Wildman–Crippen MR) is 95.9 cm³/mol. The summed E-state index contributed by atoms with van der Waals surface area (Å²) >= 11 is 0. The van der Waals surface area contributed by atoms with Crippen LogP contribution in [0, 0.1) is 6.92 Å². The largest absolute Gasteiger partial charge is 0.454 e. The lowest BCUT2D eigenvalue weighted by Gasteiger charge is -2.22. The predicted octanol–water partition coefficient (Wildman–Crippen LogP) is 3.98. The van der Waals surface area contributed by atoms with E-state index in [4.69, 9.17) is 4.42 Å². The van der Waals surface area contributed by atoms with Gasteiger partial charge in [0.2, 0.25) is 5.82 Å². The highest BCUT2D eigenvalue weighted by atomic mass is 16.3. The standard InChI is InChI=1S/C20H17N3O/c1-12-9-10-15-14-6-3-4-8-17(14)24-19(15)18(12)23-13(2)22-20-16(23)7-5-11-21-20/h3-11,13H,1-2H3,(H,21,22)/p+1. The van der Waals surface area contributed by atoms with Crippen molar-refractivity contribution < 1.29 is 9.73 Å². The minimum atomic E-state index is 0.243. The SMILES string of the molecule is Cc1ccc2c(oc3ccccc32)c1N1c2cccnc2[NH2+]C1C. The van der Waals surface area contributed by atoms with E-state index in [2.05, 4.69) is 59.4 Å². The zero-order valence-corrected chi connectivity index (χ0v) is 13.7. The second kappa shape index (κ2) is 4.82. The van der Waals surface area contributed by atoms with Crippen molar-refractivity contribution in [2.24, 2.45) is 0 Å². The van der Waals surface area contributed by atoms with Gasteiger partial charge in [0.15, 0.2) is 11.7 Å². The van der Waals surface area contributed by atoms with Crippen LogP contribution in [0.3, 0.4) is 0 Å². The molecule has 0 saturated heterocycles. The van der Waals surface area contributed by atoms with Gasteiger partial charge < -0.3 is 4.42 Å². The van der Waals surface area contributed by atoms with Crippen LogP contribution in [0.5, 0.6) is 0 Å². The van der Waals surface area contributed by atoms with Crippen LogP contribution < -0.4 is 10.2 Å². The number of benzene rings is 2. The summed E-state index contributed by atoms with van der Waals surface area (Å²) < 4.78 is 6.26. The van der Waals surface area contributed by atoms with Crippen molar-refractivity contribution in [1.82, 2.24) is 4.98 Å². The fourth-order valence-electron chi connectivity index (χ4n) is 3.76. The smallest absolute Gasteiger partial charge is 0.250 e. The number of nitrogens with zero attached hydrogens (tertiary/aromatic N) is 2. The summed E-state index contributed by atoms with van der Waals surface area (Å²) in [5, 5.41) is 4.53. The molecule has 0 spiro atoms. The average molecular weight is 316 g/mol. The number of hydrogen-bond donors (Lipinski definition) is 1. The molecule has 0 amide bonds. The first-order valence-corrected chi connectivity index (χ1v) is 8.24. The monoisotopic (exact) mass is 316 g/mol. The number of hydrogen-bond acceptors (Lipinski definition) is 3. The number of anilines is 2. The zero-order valence-electron chi connectivity index (χ0n) is 13.7. The highest BCUT2D eigenvalue weighted by molar-refractivity contribution is 6.10. The molecule has 4 heteroatoms. The normalized spacial score (nSPS) is 16.9. The van der Waals surface area contributed by atoms with E-state index < -0.39 is 0 Å². The van der Waals surface area contributed by atoms with Crippen molar-refractivity contribution in [2.75, 3.05) is 4.90 Å². The van der Waals surface area contributed by atoms with Crippen molar-refractivity contribution in [3.63, 3.8) is 0 Å². The fourth-order valence-corrected chi connectivity index (χ4v) is 3.76. The van der Waals surface area contributed by atoms with E-state index in [9.17, 15) is 0 Å². The van der Waals surface area contributed by atoms with Crippen LogP contribution >= 0.6 is 0 Å². The van der Waals surface area contributed by atoms with Gasteiger partial charge in [0, 0.05) is 23.9 Å². The minimum absolute atomic E-state index is 0.243. The lowest BCUT2D eigenvalue weighted by molar-refractivity contribution is -0.599. The Kier molecular flexibility index (Phi) is 2.73. The van der Waals surface area contributed by atoms with Crippen molar-refractivity contribution in [3.05, 3.63) is 60.3 Å². The first-order valence-electron chi connectivity index (χ1n) is 8.24. The molecule has 0 radical (unpaired) electrons. The van der Waals surface area contributed by atoms with Gasteiger partial charge in [-0.1, -0.05) is 30.3 Å². The molecule has 1 aliphatic heterocycles. The van der Waals surface area contributed by atoms with Crippen LogP contribution in [-0.4, -0.2) is 11.1 Å². The van der Waals surface area contributed by atoms with E-state index in [0.717, 1.165) is 39.1 Å². The summed E-state index contributed by atoms with van der Waals surface area (Å²) in [7, 11) is 0. The number of quaternary nitrogens is 1. The molecule has 1 unspecified atom stereocenters. The van der Waals surface area contributed by atoms with Crippen LogP contribution in [0.4, 0.5) is 17.2 Å². The van der Waals surface area contributed by atoms with Crippen LogP contribution in [0.15, 0.2) is 59.1 Å². The Morgan fingerprint density at radius 2 is 1.92 bits per heavy atom. The highest BCUT2D eigenvalue weighted by Crippen LogP contribution is 2.42. The summed E-state index contributed by atoms with van der Waals surface area (Å²) in [5.74, 6) is 1.04. The number of furan rings is 1. The number of rotatable bonds is 1. The van der Waals surface area contributed by atoms with Crippen LogP contribution in [-0.2, 0) is 0 Å². The highest BCUT2D eigenvalue weighted by Gasteiger charge is 2.34. The molecule has 118 valence electrons. The molecule has 4 nitrogen and oxygen atoms in total. The molecule has 24 heavy (non-hydrogen) atoms. The van der Waals surface area contributed by atoms with Crippen molar-refractivity contribution in [3.8, 4) is 0 Å². The van der Waals surface area contributed by atoms with Crippen LogP contribution in [0.1, 0.15) is 12.5 Å². The van der Waals surface area contributed by atoms with Gasteiger partial charge in [-0.05, 0) is 30.7 Å². The molecule has 2 N–H and O–H groups in total. The molecule has 2 aromatic carbocycles. The molecule has 0 saturated carbocycles. The molecule has 0 bridgehead atoms. The van der Waals surface area contributed by atoms with E-state index in [1.165, 1.54) is 5.56 Å². The van der Waals surface area contributed by atoms with Gasteiger partial charge in [-0.25, -0.2) is 4.98 Å². The molecule has 1 aliphatic rings. The van der Waals surface area contributed by atoms with Crippen molar-refractivity contribution in [1.29, 1.82) is 0 Å². The van der Waals surface area contributed by atoms with E-state index in [0.29, 0.717) is 0 Å². The molecule has 0 fully saturated rings. The summed E-state index contributed by atoms with van der Waals surface area (Å²) in [6.45, 7) is 4.34. The Morgan fingerprint density at radius 3 is 2.83 bits per heavy atom. The second-order valence-electron chi connectivity index (χ2n) is 6.39. The maximum absolute atomic E-state index is 6.26. The van der Waals surface area contributed by atoms with Crippen LogP contribution in [0.25, 0.3) is 21.9 Å². The average Bonchev–Trinajstić information content (AvgIpc) is 3.12. The molecule has 0 aliphatic carbocycles. The van der Waals surface area contributed by atoms with E-state index in [1.54, 1.807) is 0 Å². The summed E-state index contributed by atoms with van der Waals surface area (Å²) in [6, 6.07) is 16.7. The Hall–Kier alpha value is -2.85. The Bertz CT molecular complexity index is 1080. The summed E-state index contributed by atoms with van der Waals surface area (Å²) in [5.41, 5.74) is 5.37. The Balaban J connectivity index is 1.85. The van der Waals surface area contributed by atoms with Gasteiger partial charge in [-0.2, -0.15) is 0 Å². The van der Waals surface area contributed by atoms with E-state index in [1.807, 2.05) is 24.4 Å². The third-order valence-electron chi connectivity index (χ3n) is 4.85. The maximum Gasteiger partial charge on any atom is 0.250 e. The molecule has 2 aromatic heterocycles. The molecule has 3 heterocycles. The topological polar surface area (TPSA) is 45.9 Å².